The van der Waals surface area contributed by atoms with E-state index in [-0.39, 0.29) is 5.92 Å². The zero-order chi connectivity index (χ0) is 13.2. The molecule has 0 aliphatic carbocycles. The highest BCUT2D eigenvalue weighted by molar-refractivity contribution is 6.36. The van der Waals surface area contributed by atoms with E-state index in [0.717, 1.165) is 18.6 Å². The molecule has 1 aliphatic rings. The van der Waals surface area contributed by atoms with Crippen LogP contribution in [0.5, 0.6) is 0 Å². The molecule has 0 saturated carbocycles. The van der Waals surface area contributed by atoms with Crippen molar-refractivity contribution in [2.45, 2.75) is 31.8 Å². The molecular weight excluding hydrogens is 271 g/mol. The van der Waals surface area contributed by atoms with Gasteiger partial charge in [-0.3, -0.25) is 0 Å². The van der Waals surface area contributed by atoms with E-state index < -0.39 is 5.60 Å². The van der Waals surface area contributed by atoms with Crippen molar-refractivity contribution in [3.05, 3.63) is 33.8 Å². The molecule has 0 spiro atoms. The number of halogens is 2. The summed E-state index contributed by atoms with van der Waals surface area (Å²) in [5.41, 5.74) is 0.0441. The van der Waals surface area contributed by atoms with Gasteiger partial charge in [-0.15, -0.1) is 0 Å². The van der Waals surface area contributed by atoms with Gasteiger partial charge in [-0.25, -0.2) is 0 Å². The van der Waals surface area contributed by atoms with Gasteiger partial charge in [0, 0.05) is 29.0 Å². The molecular formula is C14H18Cl2O2. The van der Waals surface area contributed by atoms with Crippen LogP contribution in [0.25, 0.3) is 0 Å². The molecule has 1 aromatic carbocycles. The van der Waals surface area contributed by atoms with Crippen LogP contribution in [-0.4, -0.2) is 23.9 Å². The molecule has 1 saturated heterocycles. The predicted molar refractivity (Wildman–Crippen MR) is 74.3 cm³/mol. The second-order valence-corrected chi connectivity index (χ2v) is 5.71. The highest BCUT2D eigenvalue weighted by Gasteiger charge is 2.38. The molecule has 1 aliphatic heterocycles. The third kappa shape index (κ3) is 2.83. The van der Waals surface area contributed by atoms with E-state index in [2.05, 4.69) is 0 Å². The molecule has 100 valence electrons. The molecule has 1 heterocycles. The minimum absolute atomic E-state index is 0.162. The van der Waals surface area contributed by atoms with Crippen molar-refractivity contribution in [1.29, 1.82) is 0 Å². The fourth-order valence-corrected chi connectivity index (χ4v) is 3.05. The van der Waals surface area contributed by atoms with Crippen LogP contribution in [0.1, 0.15) is 25.3 Å². The average Bonchev–Trinajstić information content (AvgIpc) is 2.88. The summed E-state index contributed by atoms with van der Waals surface area (Å²) in [7, 11) is 0. The minimum atomic E-state index is -0.787. The Bertz CT molecular complexity index is 396. The van der Waals surface area contributed by atoms with Crippen molar-refractivity contribution in [2.24, 2.45) is 5.92 Å². The predicted octanol–water partition coefficient (Wildman–Crippen LogP) is 3.71. The zero-order valence-electron chi connectivity index (χ0n) is 10.5. The van der Waals surface area contributed by atoms with Crippen LogP contribution >= 0.6 is 23.2 Å². The first-order chi connectivity index (χ1) is 8.57. The van der Waals surface area contributed by atoms with Crippen LogP contribution < -0.4 is 0 Å². The van der Waals surface area contributed by atoms with Crippen LogP contribution in [0.3, 0.4) is 0 Å². The summed E-state index contributed by atoms with van der Waals surface area (Å²) >= 11 is 12.3. The standard InChI is InChI=1S/C14H18Cl2O2/c1-2-14(17,10-6-7-18-9-10)8-11-12(15)4-3-5-13(11)16/h3-5,10,17H,2,6-9H2,1H3. The molecule has 2 unspecified atom stereocenters. The fourth-order valence-electron chi connectivity index (χ4n) is 2.52. The molecule has 1 N–H and O–H groups in total. The first kappa shape index (κ1) is 14.1. The maximum atomic E-state index is 10.8. The molecule has 0 radical (unpaired) electrons. The number of hydrogen-bond acceptors (Lipinski definition) is 2. The minimum Gasteiger partial charge on any atom is -0.389 e. The largest absolute Gasteiger partial charge is 0.389 e. The highest BCUT2D eigenvalue weighted by atomic mass is 35.5. The average molecular weight is 289 g/mol. The van der Waals surface area contributed by atoms with E-state index in [0.29, 0.717) is 29.5 Å². The summed E-state index contributed by atoms with van der Waals surface area (Å²) in [6.07, 6.45) is 2.05. The Morgan fingerprint density at radius 3 is 2.56 bits per heavy atom. The molecule has 2 rings (SSSR count). The Morgan fingerprint density at radius 2 is 2.06 bits per heavy atom. The lowest BCUT2D eigenvalue weighted by Crippen LogP contribution is -2.40. The normalized spacial score (nSPS) is 23.0. The lowest BCUT2D eigenvalue weighted by Gasteiger charge is -2.33. The van der Waals surface area contributed by atoms with Crippen molar-refractivity contribution < 1.29 is 9.84 Å². The van der Waals surface area contributed by atoms with Gasteiger partial charge in [0.2, 0.25) is 0 Å². The Morgan fingerprint density at radius 1 is 1.39 bits per heavy atom. The second kappa shape index (κ2) is 5.79. The van der Waals surface area contributed by atoms with Crippen LogP contribution in [0.15, 0.2) is 18.2 Å². The molecule has 1 fully saturated rings. The summed E-state index contributed by atoms with van der Waals surface area (Å²) in [5.74, 6) is 0.162. The molecule has 18 heavy (non-hydrogen) atoms. The number of rotatable bonds is 4. The molecule has 1 aromatic rings. The summed E-state index contributed by atoms with van der Waals surface area (Å²) in [4.78, 5) is 0. The molecule has 2 nitrogen and oxygen atoms in total. The molecule has 4 heteroatoms. The molecule has 2 atom stereocenters. The lowest BCUT2D eigenvalue weighted by atomic mass is 9.79. The Labute approximate surface area is 118 Å². The van der Waals surface area contributed by atoms with E-state index in [4.69, 9.17) is 27.9 Å². The van der Waals surface area contributed by atoms with Gasteiger partial charge < -0.3 is 9.84 Å². The topological polar surface area (TPSA) is 29.5 Å². The summed E-state index contributed by atoms with van der Waals surface area (Å²) in [6.45, 7) is 3.33. The van der Waals surface area contributed by atoms with Gasteiger partial charge >= 0.3 is 0 Å². The lowest BCUT2D eigenvalue weighted by molar-refractivity contribution is -0.0248. The number of hydrogen-bond donors (Lipinski definition) is 1. The second-order valence-electron chi connectivity index (χ2n) is 4.89. The Hall–Kier alpha value is -0.280. The Balaban J connectivity index is 2.24. The van der Waals surface area contributed by atoms with E-state index in [9.17, 15) is 5.11 Å². The van der Waals surface area contributed by atoms with Gasteiger partial charge in [-0.05, 0) is 30.5 Å². The van der Waals surface area contributed by atoms with E-state index >= 15 is 0 Å². The van der Waals surface area contributed by atoms with Gasteiger partial charge in [-0.1, -0.05) is 36.2 Å². The Kier molecular flexibility index (Phi) is 4.54. The van der Waals surface area contributed by atoms with Crippen LogP contribution in [0.4, 0.5) is 0 Å². The van der Waals surface area contributed by atoms with Gasteiger partial charge in [0.15, 0.2) is 0 Å². The van der Waals surface area contributed by atoms with Gasteiger partial charge in [0.1, 0.15) is 0 Å². The smallest absolute Gasteiger partial charge is 0.0737 e. The number of benzene rings is 1. The first-order valence-corrected chi connectivity index (χ1v) is 7.05. The number of ether oxygens (including phenoxy) is 1. The summed E-state index contributed by atoms with van der Waals surface area (Å²) in [5, 5.41) is 12.1. The molecule has 0 bridgehead atoms. The fraction of sp³-hybridized carbons (Fsp3) is 0.571. The maximum absolute atomic E-state index is 10.8. The highest BCUT2D eigenvalue weighted by Crippen LogP contribution is 2.36. The zero-order valence-corrected chi connectivity index (χ0v) is 12.0. The van der Waals surface area contributed by atoms with E-state index in [1.807, 2.05) is 25.1 Å². The van der Waals surface area contributed by atoms with E-state index in [1.165, 1.54) is 0 Å². The van der Waals surface area contributed by atoms with Crippen molar-refractivity contribution in [1.82, 2.24) is 0 Å². The summed E-state index contributed by atoms with van der Waals surface area (Å²) < 4.78 is 5.38. The SMILES string of the molecule is CCC(O)(Cc1c(Cl)cccc1Cl)C1CCOC1. The van der Waals surface area contributed by atoms with Crippen LogP contribution in [-0.2, 0) is 11.2 Å². The van der Waals surface area contributed by atoms with Gasteiger partial charge in [0.25, 0.3) is 0 Å². The van der Waals surface area contributed by atoms with Crippen LogP contribution in [0.2, 0.25) is 10.0 Å². The monoisotopic (exact) mass is 288 g/mol. The van der Waals surface area contributed by atoms with Gasteiger partial charge in [0.05, 0.1) is 12.2 Å². The first-order valence-electron chi connectivity index (χ1n) is 6.30. The quantitative estimate of drug-likeness (QED) is 0.915. The van der Waals surface area contributed by atoms with Crippen LogP contribution in [0, 0.1) is 5.92 Å². The molecule has 0 aromatic heterocycles. The van der Waals surface area contributed by atoms with E-state index in [1.54, 1.807) is 0 Å². The van der Waals surface area contributed by atoms with Crippen molar-refractivity contribution in [3.63, 3.8) is 0 Å². The maximum Gasteiger partial charge on any atom is 0.0737 e. The molecule has 0 amide bonds. The third-order valence-corrected chi connectivity index (χ3v) is 4.55. The number of aliphatic hydroxyl groups is 1. The third-order valence-electron chi connectivity index (χ3n) is 3.85. The van der Waals surface area contributed by atoms with Crippen molar-refractivity contribution >= 4 is 23.2 Å². The van der Waals surface area contributed by atoms with Gasteiger partial charge in [-0.2, -0.15) is 0 Å². The summed E-state index contributed by atoms with van der Waals surface area (Å²) in [6, 6.07) is 5.44. The van der Waals surface area contributed by atoms with Crippen molar-refractivity contribution in [2.75, 3.05) is 13.2 Å². The van der Waals surface area contributed by atoms with Crippen molar-refractivity contribution in [3.8, 4) is 0 Å².